The number of nitrogens with two attached hydrogens (primary N) is 2. The van der Waals surface area contributed by atoms with Crippen molar-refractivity contribution in [3.8, 4) is 0 Å². The summed E-state index contributed by atoms with van der Waals surface area (Å²) in [7, 11) is 0. The van der Waals surface area contributed by atoms with Crippen LogP contribution in [0.2, 0.25) is 0 Å². The number of hydrogen-bond donors (Lipinski definition) is 2. The van der Waals surface area contributed by atoms with E-state index >= 15 is 0 Å². The number of nitrogen functional groups attached to an aromatic ring is 1. The first kappa shape index (κ1) is 11.5. The van der Waals surface area contributed by atoms with Gasteiger partial charge in [-0.1, -0.05) is 13.8 Å². The second kappa shape index (κ2) is 5.33. The molecule has 0 radical (unpaired) electrons. The van der Waals surface area contributed by atoms with Crippen LogP contribution in [-0.2, 0) is 13.0 Å². The van der Waals surface area contributed by atoms with E-state index in [0.29, 0.717) is 5.95 Å². The van der Waals surface area contributed by atoms with Gasteiger partial charge in [-0.25, -0.2) is 4.68 Å². The first-order chi connectivity index (χ1) is 7.25. The fourth-order valence-electron chi connectivity index (χ4n) is 1.05. The summed E-state index contributed by atoms with van der Waals surface area (Å²) in [5.74, 6) is 2.23. The molecule has 3 heterocycles. The second-order valence-corrected chi connectivity index (χ2v) is 2.98. The Kier molecular flexibility index (Phi) is 4.08. The highest BCUT2D eigenvalue weighted by Crippen LogP contribution is 2.10. The van der Waals surface area contributed by atoms with Gasteiger partial charge in [0.05, 0.1) is 12.4 Å². The third-order valence-corrected chi connectivity index (χ3v) is 1.99. The normalized spacial score (nSPS) is 15.2. The fourth-order valence-corrected chi connectivity index (χ4v) is 1.05. The monoisotopic (exact) mass is 210 g/mol. The van der Waals surface area contributed by atoms with Crippen molar-refractivity contribution in [1.82, 2.24) is 14.8 Å². The number of rotatable bonds is 0. The van der Waals surface area contributed by atoms with Gasteiger partial charge in [0.2, 0.25) is 5.95 Å². The van der Waals surface area contributed by atoms with Gasteiger partial charge in [-0.15, -0.1) is 5.10 Å². The zero-order valence-electron chi connectivity index (χ0n) is 9.27. The van der Waals surface area contributed by atoms with Crippen LogP contribution in [-0.4, -0.2) is 27.1 Å². The van der Waals surface area contributed by atoms with Crippen molar-refractivity contribution < 1.29 is 0 Å². The minimum atomic E-state index is 0.400. The van der Waals surface area contributed by atoms with Crippen molar-refractivity contribution in [2.24, 2.45) is 10.7 Å². The number of nitrogens with zero attached hydrogens (tertiary/aromatic N) is 4. The van der Waals surface area contributed by atoms with Crippen LogP contribution in [0.15, 0.2) is 4.99 Å². The third-order valence-electron chi connectivity index (χ3n) is 1.99. The lowest BCUT2D eigenvalue weighted by atomic mass is 10.3. The van der Waals surface area contributed by atoms with Crippen molar-refractivity contribution in [2.45, 2.75) is 33.2 Å². The van der Waals surface area contributed by atoms with Crippen molar-refractivity contribution in [3.63, 3.8) is 0 Å². The van der Waals surface area contributed by atoms with E-state index in [2.05, 4.69) is 15.1 Å². The summed E-state index contributed by atoms with van der Waals surface area (Å²) in [6.45, 7) is 5.94. The highest BCUT2D eigenvalue weighted by atomic mass is 15.4. The molecule has 4 N–H and O–H groups in total. The third kappa shape index (κ3) is 2.93. The molecule has 2 aliphatic heterocycles. The largest absolute Gasteiger partial charge is 0.387 e. The summed E-state index contributed by atoms with van der Waals surface area (Å²) >= 11 is 0. The first-order valence-corrected chi connectivity index (χ1v) is 5.23. The van der Waals surface area contributed by atoms with Gasteiger partial charge in [0.15, 0.2) is 0 Å². The summed E-state index contributed by atoms with van der Waals surface area (Å²) in [5, 5.41) is 3.88. The van der Waals surface area contributed by atoms with Gasteiger partial charge in [-0.05, 0) is 0 Å². The average Bonchev–Trinajstić information content (AvgIpc) is 2.45. The van der Waals surface area contributed by atoms with Gasteiger partial charge in [-0.2, -0.15) is 4.98 Å². The number of aliphatic imine (C=N–C) groups is 1. The van der Waals surface area contributed by atoms with E-state index in [1.807, 2.05) is 18.5 Å². The van der Waals surface area contributed by atoms with Gasteiger partial charge in [0.1, 0.15) is 5.82 Å². The Morgan fingerprint density at radius 1 is 1.20 bits per heavy atom. The predicted octanol–water partition coefficient (Wildman–Crippen LogP) is 0.190. The van der Waals surface area contributed by atoms with Crippen LogP contribution in [0.1, 0.15) is 26.1 Å². The lowest BCUT2D eigenvalue weighted by molar-refractivity contribution is 0.480. The molecule has 0 unspecified atom stereocenters. The van der Waals surface area contributed by atoms with Crippen molar-refractivity contribution in [1.29, 1.82) is 0 Å². The maximum Gasteiger partial charge on any atom is 0.239 e. The van der Waals surface area contributed by atoms with Crippen LogP contribution >= 0.6 is 0 Å². The molecule has 1 aromatic heterocycles. The summed E-state index contributed by atoms with van der Waals surface area (Å²) in [5.41, 5.74) is 10.4. The Balaban J connectivity index is 0.000000140. The Labute approximate surface area is 89.4 Å². The van der Waals surface area contributed by atoms with E-state index in [0.717, 1.165) is 37.6 Å². The van der Waals surface area contributed by atoms with Gasteiger partial charge in [0, 0.05) is 19.4 Å². The van der Waals surface area contributed by atoms with Crippen molar-refractivity contribution in [3.05, 3.63) is 5.82 Å². The molecule has 84 valence electrons. The molecule has 0 amide bonds. The topological polar surface area (TPSA) is 95.1 Å². The molecule has 0 atom stereocenters. The molecule has 6 nitrogen and oxygen atoms in total. The molecule has 0 fully saturated rings. The van der Waals surface area contributed by atoms with Gasteiger partial charge < -0.3 is 11.5 Å². The van der Waals surface area contributed by atoms with Gasteiger partial charge >= 0.3 is 0 Å². The molecule has 0 saturated carbocycles. The molecule has 6 heteroatoms. The molecule has 3 rings (SSSR count). The van der Waals surface area contributed by atoms with E-state index < -0.39 is 0 Å². The summed E-state index contributed by atoms with van der Waals surface area (Å²) in [4.78, 5) is 7.69. The Morgan fingerprint density at radius 3 is 1.93 bits per heavy atom. The molecule has 0 bridgehead atoms. The minimum Gasteiger partial charge on any atom is -0.387 e. The molecular formula is C9H18N6. The van der Waals surface area contributed by atoms with Crippen LogP contribution in [0, 0.1) is 0 Å². The average molecular weight is 210 g/mol. The summed E-state index contributed by atoms with van der Waals surface area (Å²) in [6.07, 6.45) is 2.05. The van der Waals surface area contributed by atoms with Crippen LogP contribution in [0.3, 0.4) is 0 Å². The Hall–Kier alpha value is -1.59. The molecule has 15 heavy (non-hydrogen) atoms. The number of amidine groups is 1. The SMILES string of the molecule is CC.NC1=NCC1.Nc1nc2n(n1)CC2. The van der Waals surface area contributed by atoms with Crippen LogP contribution in [0.5, 0.6) is 0 Å². The molecule has 0 aromatic carbocycles. The van der Waals surface area contributed by atoms with E-state index in [-0.39, 0.29) is 0 Å². The standard InChI is InChI=1S/C4H6N4.C3H6N2.C2H6/c5-4-6-3-1-2-8(3)7-4;4-3-1-2-5-3;1-2/h1-2H2,(H2,5,7);1-2H2,(H2,4,5);1-2H3. The second-order valence-electron chi connectivity index (χ2n) is 2.98. The number of hydrogen-bond acceptors (Lipinski definition) is 5. The highest BCUT2D eigenvalue weighted by Gasteiger charge is 2.15. The van der Waals surface area contributed by atoms with Crippen LogP contribution in [0.25, 0.3) is 0 Å². The predicted molar refractivity (Wildman–Crippen MR) is 60.6 cm³/mol. The number of aromatic nitrogens is 3. The molecule has 0 spiro atoms. The van der Waals surface area contributed by atoms with E-state index in [4.69, 9.17) is 11.5 Å². The van der Waals surface area contributed by atoms with Crippen molar-refractivity contribution in [2.75, 3.05) is 12.3 Å². The molecule has 2 aliphatic rings. The lowest BCUT2D eigenvalue weighted by Crippen LogP contribution is -2.20. The van der Waals surface area contributed by atoms with Gasteiger partial charge in [0.25, 0.3) is 0 Å². The maximum atomic E-state index is 5.28. The lowest BCUT2D eigenvalue weighted by Gasteiger charge is -2.11. The summed E-state index contributed by atoms with van der Waals surface area (Å²) in [6, 6.07) is 0. The van der Waals surface area contributed by atoms with Crippen LogP contribution in [0.4, 0.5) is 5.95 Å². The van der Waals surface area contributed by atoms with Gasteiger partial charge in [-0.3, -0.25) is 4.99 Å². The Bertz CT molecular complexity index is 319. The van der Waals surface area contributed by atoms with Crippen molar-refractivity contribution >= 4 is 11.8 Å². The minimum absolute atomic E-state index is 0.400. The fraction of sp³-hybridized carbons (Fsp3) is 0.667. The Morgan fingerprint density at radius 2 is 1.80 bits per heavy atom. The van der Waals surface area contributed by atoms with E-state index in [9.17, 15) is 0 Å². The summed E-state index contributed by atoms with van der Waals surface area (Å²) < 4.78 is 1.81. The quantitative estimate of drug-likeness (QED) is 0.639. The van der Waals surface area contributed by atoms with Crippen LogP contribution < -0.4 is 11.5 Å². The zero-order chi connectivity index (χ0) is 11.3. The number of anilines is 1. The molecule has 0 saturated heterocycles. The molecule has 1 aromatic rings. The highest BCUT2D eigenvalue weighted by molar-refractivity contribution is 5.84. The first-order valence-electron chi connectivity index (χ1n) is 5.23. The molecule has 0 aliphatic carbocycles. The molecular weight excluding hydrogens is 192 g/mol. The maximum absolute atomic E-state index is 5.28. The zero-order valence-corrected chi connectivity index (χ0v) is 9.27. The number of fused-ring (bicyclic) bond motifs is 1. The van der Waals surface area contributed by atoms with E-state index in [1.165, 1.54) is 0 Å². The smallest absolute Gasteiger partial charge is 0.239 e. The van der Waals surface area contributed by atoms with E-state index in [1.54, 1.807) is 0 Å². The number of aryl methyl sites for hydroxylation is 2.